The molecule has 0 aliphatic rings. The fourth-order valence-corrected chi connectivity index (χ4v) is 2.88. The average Bonchev–Trinajstić information content (AvgIpc) is 2.66. The second-order valence-corrected chi connectivity index (χ2v) is 6.18. The smallest absolute Gasteiger partial charge is 0.330 e. The molecule has 0 heterocycles. The number of nitrogens with one attached hydrogen (secondary N) is 2. The lowest BCUT2D eigenvalue weighted by atomic mass is 10.0. The van der Waals surface area contributed by atoms with Gasteiger partial charge in [-0.05, 0) is 18.6 Å². The molecule has 0 saturated carbocycles. The first-order chi connectivity index (χ1) is 13.4. The number of hydrogen-bond donors (Lipinski definition) is 3. The molecule has 148 valence electrons. The van der Waals surface area contributed by atoms with Crippen molar-refractivity contribution in [3.8, 4) is 5.75 Å². The first-order valence-corrected chi connectivity index (χ1v) is 8.98. The molecule has 0 aliphatic carbocycles. The minimum Gasteiger partial charge on any atom is -0.494 e. The van der Waals surface area contributed by atoms with Gasteiger partial charge in [0, 0.05) is 12.5 Å². The lowest BCUT2D eigenvalue weighted by molar-refractivity contribution is -0.142. The van der Waals surface area contributed by atoms with Gasteiger partial charge in [-0.3, -0.25) is 9.59 Å². The first kappa shape index (κ1) is 21.0. The number of benzene rings is 2. The zero-order valence-corrected chi connectivity index (χ0v) is 15.8. The molecular formula is C21H24N2O5. The summed E-state index contributed by atoms with van der Waals surface area (Å²) >= 11 is 0. The van der Waals surface area contributed by atoms with Crippen LogP contribution in [-0.2, 0) is 14.4 Å². The van der Waals surface area contributed by atoms with Gasteiger partial charge in [-0.25, -0.2) is 4.79 Å². The second kappa shape index (κ2) is 10.1. The number of rotatable bonds is 9. The molecule has 0 aliphatic heterocycles. The van der Waals surface area contributed by atoms with E-state index in [2.05, 4.69) is 10.6 Å². The number of amides is 2. The van der Waals surface area contributed by atoms with Gasteiger partial charge in [0.2, 0.25) is 11.8 Å². The zero-order chi connectivity index (χ0) is 20.5. The summed E-state index contributed by atoms with van der Waals surface area (Å²) in [5.41, 5.74) is 1.12. The first-order valence-electron chi connectivity index (χ1n) is 8.98. The summed E-state index contributed by atoms with van der Waals surface area (Å²) < 4.78 is 5.59. The van der Waals surface area contributed by atoms with E-state index < -0.39 is 24.0 Å². The fraction of sp³-hybridized carbons (Fsp3) is 0.286. The van der Waals surface area contributed by atoms with Gasteiger partial charge < -0.3 is 20.5 Å². The van der Waals surface area contributed by atoms with Gasteiger partial charge in [-0.15, -0.1) is 0 Å². The maximum absolute atomic E-state index is 12.6. The Morgan fingerprint density at radius 1 is 1.00 bits per heavy atom. The molecule has 7 heteroatoms. The van der Waals surface area contributed by atoms with Crippen molar-refractivity contribution in [1.29, 1.82) is 0 Å². The van der Waals surface area contributed by atoms with Crippen LogP contribution in [0.5, 0.6) is 5.75 Å². The fourth-order valence-electron chi connectivity index (χ4n) is 2.88. The number of ether oxygens (including phenoxy) is 1. The molecule has 0 spiro atoms. The third kappa shape index (κ3) is 5.84. The lowest BCUT2D eigenvalue weighted by Crippen LogP contribution is -2.37. The van der Waals surface area contributed by atoms with Gasteiger partial charge in [-0.1, -0.05) is 48.5 Å². The van der Waals surface area contributed by atoms with Crippen LogP contribution >= 0.6 is 0 Å². The molecule has 2 aromatic carbocycles. The molecule has 0 saturated heterocycles. The molecular weight excluding hydrogens is 360 g/mol. The highest BCUT2D eigenvalue weighted by molar-refractivity contribution is 5.85. The Kier molecular flexibility index (Phi) is 7.56. The van der Waals surface area contributed by atoms with E-state index in [1.54, 1.807) is 54.6 Å². The molecule has 0 fully saturated rings. The molecule has 2 aromatic rings. The zero-order valence-electron chi connectivity index (χ0n) is 15.8. The van der Waals surface area contributed by atoms with E-state index in [4.69, 9.17) is 4.74 Å². The van der Waals surface area contributed by atoms with Crippen molar-refractivity contribution >= 4 is 17.8 Å². The topological polar surface area (TPSA) is 105 Å². The van der Waals surface area contributed by atoms with Gasteiger partial charge in [-0.2, -0.15) is 0 Å². The van der Waals surface area contributed by atoms with Crippen LogP contribution in [0.3, 0.4) is 0 Å². The summed E-state index contributed by atoms with van der Waals surface area (Å²) in [5, 5.41) is 14.7. The second-order valence-electron chi connectivity index (χ2n) is 6.18. The highest BCUT2D eigenvalue weighted by Crippen LogP contribution is 2.27. The number of carbonyl (C=O) groups is 3. The van der Waals surface area contributed by atoms with Gasteiger partial charge in [0.05, 0.1) is 19.1 Å². The van der Waals surface area contributed by atoms with Crippen LogP contribution < -0.4 is 15.4 Å². The van der Waals surface area contributed by atoms with E-state index in [-0.39, 0.29) is 12.3 Å². The average molecular weight is 384 g/mol. The van der Waals surface area contributed by atoms with Gasteiger partial charge in [0.15, 0.2) is 6.04 Å². The molecule has 0 radical (unpaired) electrons. The van der Waals surface area contributed by atoms with Gasteiger partial charge >= 0.3 is 5.97 Å². The van der Waals surface area contributed by atoms with Crippen molar-refractivity contribution in [1.82, 2.24) is 10.6 Å². The number of carboxylic acids is 1. The molecule has 1 unspecified atom stereocenters. The Balaban J connectivity index is 2.21. The molecule has 2 amide bonds. The minimum atomic E-state index is -1.17. The minimum absolute atomic E-state index is 0.125. The van der Waals surface area contributed by atoms with E-state index >= 15 is 0 Å². The Bertz CT molecular complexity index is 823. The molecule has 3 N–H and O–H groups in total. The number of carbonyl (C=O) groups excluding carboxylic acids is 2. The number of carboxylic acid groups (broad SMARTS) is 1. The van der Waals surface area contributed by atoms with Crippen molar-refractivity contribution in [3.63, 3.8) is 0 Å². The van der Waals surface area contributed by atoms with Crippen LogP contribution in [0.25, 0.3) is 0 Å². The third-order valence-electron chi connectivity index (χ3n) is 4.05. The van der Waals surface area contributed by atoms with Crippen molar-refractivity contribution < 1.29 is 24.2 Å². The van der Waals surface area contributed by atoms with Crippen LogP contribution in [0, 0.1) is 0 Å². The molecule has 2 atom stereocenters. The van der Waals surface area contributed by atoms with Crippen LogP contribution in [0.15, 0.2) is 54.6 Å². The van der Waals surface area contributed by atoms with Crippen LogP contribution in [-0.4, -0.2) is 29.5 Å². The van der Waals surface area contributed by atoms with Crippen molar-refractivity contribution in [3.05, 3.63) is 65.7 Å². The Hall–Kier alpha value is -3.35. The van der Waals surface area contributed by atoms with Crippen LogP contribution in [0.2, 0.25) is 0 Å². The highest BCUT2D eigenvalue weighted by Gasteiger charge is 2.25. The summed E-state index contributed by atoms with van der Waals surface area (Å²) in [4.78, 5) is 35.9. The molecule has 7 nitrogen and oxygen atoms in total. The van der Waals surface area contributed by atoms with E-state index in [0.29, 0.717) is 23.5 Å². The standard InChI is InChI=1S/C21H24N2O5/c1-3-28-18-12-8-7-11-16(18)17(22-14(2)24)13-19(25)23-20(21(26)27)15-9-5-4-6-10-15/h4-12,17,20H,3,13H2,1-2H3,(H,22,24)(H,23,25)(H,26,27)/t17?,20-/m1/s1. The van der Waals surface area contributed by atoms with Gasteiger partial charge in [0.25, 0.3) is 0 Å². The summed E-state index contributed by atoms with van der Waals surface area (Å²) in [6, 6.07) is 13.7. The number of aliphatic carboxylic acids is 1. The molecule has 2 rings (SSSR count). The number of para-hydroxylation sites is 1. The monoisotopic (exact) mass is 384 g/mol. The maximum Gasteiger partial charge on any atom is 0.330 e. The predicted octanol–water partition coefficient (Wildman–Crippen LogP) is 2.59. The van der Waals surface area contributed by atoms with E-state index in [9.17, 15) is 19.5 Å². The summed E-state index contributed by atoms with van der Waals surface area (Å²) in [6.45, 7) is 3.64. The lowest BCUT2D eigenvalue weighted by Gasteiger charge is -2.22. The van der Waals surface area contributed by atoms with Gasteiger partial charge in [0.1, 0.15) is 5.75 Å². The quantitative estimate of drug-likeness (QED) is 0.616. The summed E-state index contributed by atoms with van der Waals surface area (Å²) in [5.74, 6) is -1.40. The molecule has 28 heavy (non-hydrogen) atoms. The van der Waals surface area contributed by atoms with Crippen LogP contribution in [0.4, 0.5) is 0 Å². The Labute approximate surface area is 163 Å². The highest BCUT2D eigenvalue weighted by atomic mass is 16.5. The van der Waals surface area contributed by atoms with Crippen molar-refractivity contribution in [2.75, 3.05) is 6.61 Å². The largest absolute Gasteiger partial charge is 0.494 e. The van der Waals surface area contributed by atoms with Crippen molar-refractivity contribution in [2.45, 2.75) is 32.4 Å². The van der Waals surface area contributed by atoms with E-state index in [0.717, 1.165) is 0 Å². The Morgan fingerprint density at radius 3 is 2.25 bits per heavy atom. The Morgan fingerprint density at radius 2 is 1.64 bits per heavy atom. The SMILES string of the molecule is CCOc1ccccc1C(CC(=O)N[C@@H](C(=O)O)c1ccccc1)NC(C)=O. The number of hydrogen-bond acceptors (Lipinski definition) is 4. The molecule has 0 aromatic heterocycles. The normalized spacial score (nSPS) is 12.5. The molecule has 0 bridgehead atoms. The maximum atomic E-state index is 12.6. The summed E-state index contributed by atoms with van der Waals surface area (Å²) in [6.07, 6.45) is -0.125. The van der Waals surface area contributed by atoms with Crippen molar-refractivity contribution in [2.24, 2.45) is 0 Å². The van der Waals surface area contributed by atoms with E-state index in [1.807, 2.05) is 6.92 Å². The third-order valence-corrected chi connectivity index (χ3v) is 4.05. The predicted molar refractivity (Wildman–Crippen MR) is 104 cm³/mol. The summed E-state index contributed by atoms with van der Waals surface area (Å²) in [7, 11) is 0. The van der Waals surface area contributed by atoms with E-state index in [1.165, 1.54) is 6.92 Å². The van der Waals surface area contributed by atoms with Crippen LogP contribution in [0.1, 0.15) is 43.5 Å².